The first-order chi connectivity index (χ1) is 12.8. The van der Waals surface area contributed by atoms with Crippen molar-refractivity contribution in [3.63, 3.8) is 0 Å². The third-order valence-corrected chi connectivity index (χ3v) is 5.96. The number of ether oxygens (including phenoxy) is 2. The van der Waals surface area contributed by atoms with Gasteiger partial charge >= 0.3 is 6.09 Å². The van der Waals surface area contributed by atoms with Gasteiger partial charge in [0.05, 0.1) is 18.6 Å². The Balaban J connectivity index is 1.65. The van der Waals surface area contributed by atoms with Gasteiger partial charge < -0.3 is 9.47 Å². The number of anilines is 1. The number of nitrogens with one attached hydrogen (secondary N) is 1. The fourth-order valence-electron chi connectivity index (χ4n) is 2.98. The predicted molar refractivity (Wildman–Crippen MR) is 102 cm³/mol. The third kappa shape index (κ3) is 4.23. The summed E-state index contributed by atoms with van der Waals surface area (Å²) in [7, 11) is -2.11. The molecule has 2 aromatic carbocycles. The van der Waals surface area contributed by atoms with E-state index in [1.165, 1.54) is 4.90 Å². The summed E-state index contributed by atoms with van der Waals surface area (Å²) in [6.07, 6.45) is -1.07. The van der Waals surface area contributed by atoms with Crippen LogP contribution in [0.5, 0.6) is 5.75 Å². The zero-order chi connectivity index (χ0) is 19.6. The molecule has 3 rings (SSSR count). The maximum Gasteiger partial charge on any atom is 0.414 e. The van der Waals surface area contributed by atoms with E-state index in [-0.39, 0.29) is 18.0 Å². The minimum absolute atomic E-state index is 0.00798. The molecule has 1 fully saturated rings. The van der Waals surface area contributed by atoms with Gasteiger partial charge in [0.2, 0.25) is 10.0 Å². The van der Waals surface area contributed by atoms with Crippen LogP contribution in [-0.2, 0) is 14.8 Å². The van der Waals surface area contributed by atoms with Gasteiger partial charge in [-0.15, -0.1) is 0 Å². The van der Waals surface area contributed by atoms with Crippen molar-refractivity contribution in [1.82, 2.24) is 4.72 Å². The Kier molecular flexibility index (Phi) is 5.38. The summed E-state index contributed by atoms with van der Waals surface area (Å²) in [5.74, 6) is 0.684. The Bertz CT molecular complexity index is 941. The third-order valence-electron chi connectivity index (χ3n) is 4.38. The van der Waals surface area contributed by atoms with Crippen LogP contribution < -0.4 is 14.4 Å². The summed E-state index contributed by atoms with van der Waals surface area (Å²) in [6, 6.07) is 12.2. The van der Waals surface area contributed by atoms with Gasteiger partial charge in [-0.3, -0.25) is 4.90 Å². The molecular weight excluding hydrogens is 368 g/mol. The van der Waals surface area contributed by atoms with E-state index < -0.39 is 22.2 Å². The quantitative estimate of drug-likeness (QED) is 0.820. The monoisotopic (exact) mass is 390 g/mol. The molecule has 1 N–H and O–H groups in total. The van der Waals surface area contributed by atoms with Crippen molar-refractivity contribution in [3.05, 3.63) is 53.6 Å². The first kappa shape index (κ1) is 19.2. The molecule has 1 saturated heterocycles. The zero-order valence-corrected chi connectivity index (χ0v) is 16.2. The van der Waals surface area contributed by atoms with Gasteiger partial charge in [-0.25, -0.2) is 17.9 Å². The summed E-state index contributed by atoms with van der Waals surface area (Å²) in [5.41, 5.74) is 2.33. The van der Waals surface area contributed by atoms with Crippen molar-refractivity contribution >= 4 is 21.8 Å². The number of hydrogen-bond acceptors (Lipinski definition) is 5. The normalized spacial score (nSPS) is 17.1. The van der Waals surface area contributed by atoms with Crippen molar-refractivity contribution in [3.8, 4) is 5.75 Å². The predicted octanol–water partition coefficient (Wildman–Crippen LogP) is 2.62. The first-order valence-electron chi connectivity index (χ1n) is 8.49. The Morgan fingerprint density at radius 2 is 1.89 bits per heavy atom. The van der Waals surface area contributed by atoms with Gasteiger partial charge in [0.25, 0.3) is 0 Å². The molecule has 8 heteroatoms. The average Bonchev–Trinajstić information content (AvgIpc) is 3.01. The molecule has 7 nitrogen and oxygen atoms in total. The number of sulfonamides is 1. The number of aryl methyl sites for hydroxylation is 2. The molecule has 0 radical (unpaired) electrons. The summed E-state index contributed by atoms with van der Waals surface area (Å²) >= 11 is 0. The Hall–Kier alpha value is -2.58. The molecule has 1 heterocycles. The van der Waals surface area contributed by atoms with Crippen LogP contribution in [0, 0.1) is 13.8 Å². The highest BCUT2D eigenvalue weighted by atomic mass is 32.2. The molecule has 1 atom stereocenters. The molecule has 1 aliphatic heterocycles. The highest BCUT2D eigenvalue weighted by Crippen LogP contribution is 2.24. The molecule has 2 aromatic rings. The lowest BCUT2D eigenvalue weighted by molar-refractivity contribution is 0.143. The van der Waals surface area contributed by atoms with Gasteiger partial charge in [-0.2, -0.15) is 0 Å². The fourth-order valence-corrected chi connectivity index (χ4v) is 4.27. The van der Waals surface area contributed by atoms with Crippen LogP contribution in [0.1, 0.15) is 11.1 Å². The molecule has 144 valence electrons. The van der Waals surface area contributed by atoms with E-state index in [2.05, 4.69) is 4.72 Å². The molecular formula is C19H22N2O5S. The number of rotatable bonds is 6. The van der Waals surface area contributed by atoms with Crippen molar-refractivity contribution in [2.45, 2.75) is 24.8 Å². The highest BCUT2D eigenvalue weighted by molar-refractivity contribution is 7.89. The van der Waals surface area contributed by atoms with Crippen molar-refractivity contribution in [2.24, 2.45) is 0 Å². The molecule has 0 aromatic heterocycles. The van der Waals surface area contributed by atoms with Crippen LogP contribution in [-0.4, -0.2) is 40.8 Å². The lowest BCUT2D eigenvalue weighted by Crippen LogP contribution is -2.34. The topological polar surface area (TPSA) is 84.9 Å². The molecule has 0 saturated carbocycles. The molecule has 0 bridgehead atoms. The van der Waals surface area contributed by atoms with Gasteiger partial charge in [-0.05, 0) is 49.7 Å². The molecule has 0 aliphatic carbocycles. The molecule has 1 amide bonds. The smallest absolute Gasteiger partial charge is 0.414 e. The maximum absolute atomic E-state index is 12.5. The number of amides is 1. The second kappa shape index (κ2) is 7.58. The van der Waals surface area contributed by atoms with Crippen molar-refractivity contribution < 1.29 is 22.7 Å². The van der Waals surface area contributed by atoms with Crippen LogP contribution in [0.15, 0.2) is 47.4 Å². The number of cyclic esters (lactones) is 1. The second-order valence-corrected chi connectivity index (χ2v) is 8.17. The van der Waals surface area contributed by atoms with Gasteiger partial charge in [0.1, 0.15) is 11.9 Å². The van der Waals surface area contributed by atoms with E-state index in [0.717, 1.165) is 5.56 Å². The Labute approximate surface area is 158 Å². The minimum Gasteiger partial charge on any atom is -0.497 e. The number of hydrogen-bond donors (Lipinski definition) is 1. The number of nitrogens with zero attached hydrogens (tertiary/aromatic N) is 1. The maximum atomic E-state index is 12.5. The van der Waals surface area contributed by atoms with E-state index in [1.807, 2.05) is 13.0 Å². The lowest BCUT2D eigenvalue weighted by atomic mass is 10.2. The van der Waals surface area contributed by atoms with E-state index in [0.29, 0.717) is 17.0 Å². The average molecular weight is 390 g/mol. The van der Waals surface area contributed by atoms with E-state index >= 15 is 0 Å². The summed E-state index contributed by atoms with van der Waals surface area (Å²) in [5, 5.41) is 0. The lowest BCUT2D eigenvalue weighted by Gasteiger charge is -2.14. The van der Waals surface area contributed by atoms with Gasteiger partial charge in [-0.1, -0.05) is 17.7 Å². The number of carbonyl (C=O) groups excluding carboxylic acids is 1. The Morgan fingerprint density at radius 3 is 2.52 bits per heavy atom. The largest absolute Gasteiger partial charge is 0.497 e. The number of benzene rings is 2. The van der Waals surface area contributed by atoms with Crippen LogP contribution in [0.25, 0.3) is 0 Å². The molecule has 0 spiro atoms. The van der Waals surface area contributed by atoms with Crippen LogP contribution in [0.3, 0.4) is 0 Å². The van der Waals surface area contributed by atoms with Gasteiger partial charge in [0.15, 0.2) is 0 Å². The van der Waals surface area contributed by atoms with E-state index in [4.69, 9.17) is 9.47 Å². The number of methoxy groups -OCH3 is 1. The van der Waals surface area contributed by atoms with E-state index in [1.54, 1.807) is 50.4 Å². The summed E-state index contributed by atoms with van der Waals surface area (Å²) in [4.78, 5) is 13.8. The second-order valence-electron chi connectivity index (χ2n) is 6.44. The van der Waals surface area contributed by atoms with Crippen molar-refractivity contribution in [1.29, 1.82) is 0 Å². The van der Waals surface area contributed by atoms with Crippen LogP contribution in [0.2, 0.25) is 0 Å². The van der Waals surface area contributed by atoms with Crippen LogP contribution in [0.4, 0.5) is 10.5 Å². The highest BCUT2D eigenvalue weighted by Gasteiger charge is 2.33. The van der Waals surface area contributed by atoms with Crippen LogP contribution >= 0.6 is 0 Å². The molecule has 0 unspecified atom stereocenters. The van der Waals surface area contributed by atoms with Gasteiger partial charge in [0, 0.05) is 12.2 Å². The SMILES string of the molecule is COc1ccc(N2C[C@H](CNS(=O)(=O)c3ccc(C)cc3C)OC2=O)cc1. The first-order valence-corrected chi connectivity index (χ1v) is 9.97. The standard InChI is InChI=1S/C19H22N2O5S/c1-13-4-9-18(14(2)10-13)27(23,24)20-11-17-12-21(19(22)26-17)15-5-7-16(25-3)8-6-15/h4-10,17,20H,11-12H2,1-3H3/t17-/m0/s1. The fraction of sp³-hybridized carbons (Fsp3) is 0.316. The summed E-state index contributed by atoms with van der Waals surface area (Å²) in [6.45, 7) is 3.93. The molecule has 1 aliphatic rings. The minimum atomic E-state index is -3.68. The van der Waals surface area contributed by atoms with E-state index in [9.17, 15) is 13.2 Å². The Morgan fingerprint density at radius 1 is 1.19 bits per heavy atom. The zero-order valence-electron chi connectivity index (χ0n) is 15.4. The number of carbonyl (C=O) groups is 1. The summed E-state index contributed by atoms with van der Waals surface area (Å²) < 4.78 is 38.0. The van der Waals surface area contributed by atoms with Crippen molar-refractivity contribution in [2.75, 3.05) is 25.1 Å². The molecule has 27 heavy (non-hydrogen) atoms.